The van der Waals surface area contributed by atoms with Crippen LogP contribution in [0.4, 0.5) is 0 Å². The Morgan fingerprint density at radius 2 is 1.55 bits per heavy atom. The summed E-state index contributed by atoms with van der Waals surface area (Å²) in [4.78, 5) is 37.4. The van der Waals surface area contributed by atoms with Crippen LogP contribution in [-0.4, -0.2) is 31.2 Å². The van der Waals surface area contributed by atoms with Gasteiger partial charge >= 0.3 is 52.0 Å². The second-order valence-corrected chi connectivity index (χ2v) is 7.95. The SMILES string of the molecule is CC(C)(C)C(=O)Oc1ccc(C(NN=S(=O)=O)(C(=O)O)C(=O)c2ccccc2)cc1.[H-].[Na+]. The summed E-state index contributed by atoms with van der Waals surface area (Å²) in [6.45, 7) is 5.02. The van der Waals surface area contributed by atoms with E-state index < -0.39 is 39.2 Å². The molecule has 0 aliphatic carbocycles. The van der Waals surface area contributed by atoms with Crippen molar-refractivity contribution in [2.45, 2.75) is 26.3 Å². The van der Waals surface area contributed by atoms with Gasteiger partial charge in [0.05, 0.1) is 5.41 Å². The van der Waals surface area contributed by atoms with Gasteiger partial charge in [0.1, 0.15) is 5.75 Å². The van der Waals surface area contributed by atoms with Gasteiger partial charge in [-0.3, -0.25) is 9.59 Å². The van der Waals surface area contributed by atoms with Crippen molar-refractivity contribution in [2.75, 3.05) is 0 Å². The van der Waals surface area contributed by atoms with Gasteiger partial charge in [-0.2, -0.15) is 13.8 Å². The molecule has 0 spiro atoms. The van der Waals surface area contributed by atoms with E-state index >= 15 is 0 Å². The number of benzene rings is 2. The second kappa shape index (κ2) is 10.8. The van der Waals surface area contributed by atoms with Crippen LogP contribution in [0.1, 0.15) is 38.1 Å². The van der Waals surface area contributed by atoms with E-state index in [9.17, 15) is 27.9 Å². The van der Waals surface area contributed by atoms with Crippen LogP contribution in [-0.2, 0) is 25.6 Å². The molecule has 0 amide bonds. The van der Waals surface area contributed by atoms with Gasteiger partial charge in [-0.05, 0) is 38.5 Å². The molecular weight excluding hydrogens is 435 g/mol. The standard InChI is InChI=1S/C20H20N2O7S.Na.H/c1-19(2,3)18(26)29-15-11-9-14(10-12-15)20(17(24)25,21-22-30(27)28)16(23)13-7-5-4-6-8-13;;/h4-12,21H,1-3H3,(H,24,25);;/q;+1;-1. The van der Waals surface area contributed by atoms with Crippen molar-refractivity contribution in [3.8, 4) is 5.75 Å². The molecule has 0 saturated heterocycles. The first-order chi connectivity index (χ1) is 14.0. The minimum atomic E-state index is -3.02. The Balaban J connectivity index is 0.00000480. The Morgan fingerprint density at radius 3 is 2.00 bits per heavy atom. The van der Waals surface area contributed by atoms with Gasteiger partial charge in [0.2, 0.25) is 11.3 Å². The zero-order chi connectivity index (χ0) is 22.5. The molecule has 0 aromatic heterocycles. The number of ether oxygens (including phenoxy) is 1. The molecule has 0 aliphatic heterocycles. The van der Waals surface area contributed by atoms with Crippen LogP contribution in [0, 0.1) is 5.41 Å². The summed E-state index contributed by atoms with van der Waals surface area (Å²) in [5, 5.41) is 9.91. The fourth-order valence-corrected chi connectivity index (χ4v) is 2.67. The Kier molecular flexibility index (Phi) is 9.27. The summed E-state index contributed by atoms with van der Waals surface area (Å²) in [5.74, 6) is -2.96. The number of ketones is 1. The predicted octanol–water partition coefficient (Wildman–Crippen LogP) is -0.515. The normalized spacial score (nSPS) is 12.6. The number of rotatable bonds is 7. The Bertz CT molecular complexity index is 1090. The molecule has 31 heavy (non-hydrogen) atoms. The van der Waals surface area contributed by atoms with Gasteiger partial charge in [-0.25, -0.2) is 4.79 Å². The van der Waals surface area contributed by atoms with E-state index in [-0.39, 0.29) is 47.9 Å². The van der Waals surface area contributed by atoms with Gasteiger partial charge in [0.15, 0.2) is 0 Å². The van der Waals surface area contributed by atoms with Crippen molar-refractivity contribution in [3.63, 3.8) is 0 Å². The molecule has 2 aromatic rings. The zero-order valence-electron chi connectivity index (χ0n) is 18.4. The van der Waals surface area contributed by atoms with E-state index in [1.807, 2.05) is 5.43 Å². The predicted molar refractivity (Wildman–Crippen MR) is 107 cm³/mol. The summed E-state index contributed by atoms with van der Waals surface area (Å²) in [6.07, 6.45) is 0. The van der Waals surface area contributed by atoms with Crippen LogP contribution >= 0.6 is 0 Å². The number of aliphatic carboxylic acids is 1. The molecule has 0 aliphatic rings. The van der Waals surface area contributed by atoms with Crippen molar-refractivity contribution in [3.05, 3.63) is 65.7 Å². The first-order valence-electron chi connectivity index (χ1n) is 8.72. The molecule has 1 unspecified atom stereocenters. The average molecular weight is 456 g/mol. The Morgan fingerprint density at radius 1 is 1.00 bits per heavy atom. The minimum Gasteiger partial charge on any atom is -1.00 e. The van der Waals surface area contributed by atoms with E-state index in [4.69, 9.17) is 4.74 Å². The van der Waals surface area contributed by atoms with Crippen molar-refractivity contribution in [1.82, 2.24) is 5.43 Å². The van der Waals surface area contributed by atoms with Gasteiger partial charge in [0.25, 0.3) is 0 Å². The maximum Gasteiger partial charge on any atom is 1.00 e. The first kappa shape index (κ1) is 26.7. The van der Waals surface area contributed by atoms with Gasteiger partial charge in [-0.1, -0.05) is 46.9 Å². The summed E-state index contributed by atoms with van der Waals surface area (Å²) in [6, 6.07) is 12.6. The summed E-state index contributed by atoms with van der Waals surface area (Å²) < 4.78 is 30.1. The molecule has 160 valence electrons. The molecule has 2 rings (SSSR count). The monoisotopic (exact) mass is 456 g/mol. The number of carboxylic acid groups (broad SMARTS) is 1. The van der Waals surface area contributed by atoms with E-state index in [2.05, 4.69) is 4.47 Å². The Labute approximate surface area is 204 Å². The molecule has 2 aromatic carbocycles. The zero-order valence-corrected chi connectivity index (χ0v) is 20.3. The van der Waals surface area contributed by atoms with E-state index in [0.29, 0.717) is 0 Å². The molecule has 2 N–H and O–H groups in total. The number of Topliss-reactive ketones (excluding diaryl/α,β-unsaturated/α-hetero) is 1. The van der Waals surface area contributed by atoms with Crippen molar-refractivity contribution in [2.24, 2.45) is 9.89 Å². The number of nitrogens with zero attached hydrogens (tertiary/aromatic N) is 1. The third kappa shape index (κ3) is 6.31. The summed E-state index contributed by atoms with van der Waals surface area (Å²) >= 11 is 0. The number of hydrogen-bond donors (Lipinski definition) is 2. The fraction of sp³-hybridized carbons (Fsp3) is 0.250. The molecule has 11 heteroatoms. The smallest absolute Gasteiger partial charge is 1.00 e. The quantitative estimate of drug-likeness (QED) is 0.142. The van der Waals surface area contributed by atoms with E-state index in [0.717, 1.165) is 0 Å². The minimum absolute atomic E-state index is 0. The molecular formula is C20H21N2NaO7S. The van der Waals surface area contributed by atoms with Gasteiger partial charge in [0, 0.05) is 5.56 Å². The number of carbonyl (C=O) groups is 3. The topological polar surface area (TPSA) is 139 Å². The average Bonchev–Trinajstić information content (AvgIpc) is 2.68. The molecule has 1 atom stereocenters. The van der Waals surface area contributed by atoms with Crippen LogP contribution in [0.5, 0.6) is 5.75 Å². The summed E-state index contributed by atoms with van der Waals surface area (Å²) in [7, 11) is -3.02. The second-order valence-electron chi connectivity index (χ2n) is 7.33. The molecule has 0 bridgehead atoms. The number of carboxylic acids is 1. The number of hydrogen-bond acceptors (Lipinski definition) is 7. The van der Waals surface area contributed by atoms with Gasteiger partial charge in [-0.15, -0.1) is 0 Å². The molecule has 0 heterocycles. The number of esters is 1. The van der Waals surface area contributed by atoms with Crippen LogP contribution < -0.4 is 39.7 Å². The third-order valence-corrected chi connectivity index (χ3v) is 4.34. The largest absolute Gasteiger partial charge is 1.00 e. The molecule has 9 nitrogen and oxygen atoms in total. The van der Waals surface area contributed by atoms with Crippen LogP contribution in [0.15, 0.2) is 59.1 Å². The van der Waals surface area contributed by atoms with Gasteiger partial charge < -0.3 is 11.3 Å². The first-order valence-corrected chi connectivity index (χ1v) is 9.75. The van der Waals surface area contributed by atoms with Crippen molar-refractivity contribution < 1.29 is 63.6 Å². The van der Waals surface area contributed by atoms with Crippen LogP contribution in [0.3, 0.4) is 0 Å². The third-order valence-electron chi connectivity index (χ3n) is 4.10. The van der Waals surface area contributed by atoms with E-state index in [1.165, 1.54) is 48.5 Å². The molecule has 0 saturated carbocycles. The summed E-state index contributed by atoms with van der Waals surface area (Å²) in [5.41, 5.74) is -1.36. The van der Waals surface area contributed by atoms with Crippen LogP contribution in [0.25, 0.3) is 0 Å². The van der Waals surface area contributed by atoms with Crippen LogP contribution in [0.2, 0.25) is 0 Å². The molecule has 0 fully saturated rings. The molecule has 0 radical (unpaired) electrons. The van der Waals surface area contributed by atoms with Crippen molar-refractivity contribution in [1.29, 1.82) is 0 Å². The van der Waals surface area contributed by atoms with Crippen molar-refractivity contribution >= 4 is 28.2 Å². The number of carbonyl (C=O) groups excluding carboxylic acids is 2. The maximum atomic E-state index is 13.1. The Hall–Kier alpha value is -2.37. The fourth-order valence-electron chi connectivity index (χ4n) is 2.46. The maximum absolute atomic E-state index is 13.1. The van der Waals surface area contributed by atoms with E-state index in [1.54, 1.807) is 26.8 Å². The number of nitrogens with one attached hydrogen (secondary N) is 1.